The largest absolute Gasteiger partial charge is 0.311 e. The molecule has 17 heavy (non-hydrogen) atoms. The molecular formula is C15H30N2. The molecule has 2 atom stereocenters. The Morgan fingerprint density at radius 3 is 2.35 bits per heavy atom. The molecule has 0 radical (unpaired) electrons. The van der Waals surface area contributed by atoms with Crippen molar-refractivity contribution in [2.75, 3.05) is 19.6 Å². The van der Waals surface area contributed by atoms with E-state index >= 15 is 0 Å². The quantitative estimate of drug-likeness (QED) is 0.810. The van der Waals surface area contributed by atoms with Crippen molar-refractivity contribution >= 4 is 0 Å². The van der Waals surface area contributed by atoms with Gasteiger partial charge in [0, 0.05) is 31.7 Å². The van der Waals surface area contributed by atoms with E-state index in [4.69, 9.17) is 0 Å². The molecule has 2 fully saturated rings. The lowest BCUT2D eigenvalue weighted by Crippen LogP contribution is -2.58. The fraction of sp³-hybridized carbons (Fsp3) is 1.00. The van der Waals surface area contributed by atoms with Crippen LogP contribution in [0.4, 0.5) is 0 Å². The summed E-state index contributed by atoms with van der Waals surface area (Å²) in [6, 6.07) is 1.40. The summed E-state index contributed by atoms with van der Waals surface area (Å²) in [4.78, 5) is 2.78. The smallest absolute Gasteiger partial charge is 0.0244 e. The van der Waals surface area contributed by atoms with Gasteiger partial charge in [0.25, 0.3) is 0 Å². The molecule has 2 aliphatic rings. The number of rotatable bonds is 4. The standard InChI is InChI=1S/C15H30N2/c1-11(2)14-8-16-13(5)9-17(14)10-15(6-7-15)12(3)4/h11-14,16H,6-10H2,1-5H3. The first kappa shape index (κ1) is 13.4. The normalized spacial score (nSPS) is 33.4. The zero-order valence-electron chi connectivity index (χ0n) is 12.3. The summed E-state index contributed by atoms with van der Waals surface area (Å²) in [6.07, 6.45) is 2.90. The predicted octanol–water partition coefficient (Wildman–Crippen LogP) is 2.74. The van der Waals surface area contributed by atoms with E-state index in [1.807, 2.05) is 0 Å². The first-order chi connectivity index (χ1) is 7.94. The lowest BCUT2D eigenvalue weighted by molar-refractivity contribution is 0.0693. The molecule has 0 aromatic carbocycles. The van der Waals surface area contributed by atoms with Gasteiger partial charge in [-0.05, 0) is 37.0 Å². The Hall–Kier alpha value is -0.0800. The third-order valence-electron chi connectivity index (χ3n) is 5.06. The molecule has 0 aromatic heterocycles. The van der Waals surface area contributed by atoms with Crippen LogP contribution >= 0.6 is 0 Å². The number of hydrogen-bond acceptors (Lipinski definition) is 2. The zero-order valence-corrected chi connectivity index (χ0v) is 12.3. The van der Waals surface area contributed by atoms with Gasteiger partial charge in [0.15, 0.2) is 0 Å². The van der Waals surface area contributed by atoms with Gasteiger partial charge in [-0.3, -0.25) is 4.90 Å². The average Bonchev–Trinajstić information content (AvgIpc) is 2.98. The van der Waals surface area contributed by atoms with Crippen LogP contribution in [0.15, 0.2) is 0 Å². The SMILES string of the molecule is CC1CN(CC2(C(C)C)CC2)C(C(C)C)CN1. The van der Waals surface area contributed by atoms with Crippen LogP contribution in [-0.4, -0.2) is 36.6 Å². The van der Waals surface area contributed by atoms with Crippen molar-refractivity contribution in [3.8, 4) is 0 Å². The maximum Gasteiger partial charge on any atom is 0.0244 e. The summed E-state index contributed by atoms with van der Waals surface area (Å²) in [7, 11) is 0. The lowest BCUT2D eigenvalue weighted by atomic mass is 9.89. The Morgan fingerprint density at radius 2 is 1.88 bits per heavy atom. The second-order valence-electron chi connectivity index (χ2n) is 7.07. The molecule has 1 N–H and O–H groups in total. The van der Waals surface area contributed by atoms with Crippen LogP contribution in [0.2, 0.25) is 0 Å². The van der Waals surface area contributed by atoms with E-state index in [0.717, 1.165) is 17.9 Å². The van der Waals surface area contributed by atoms with Crippen molar-refractivity contribution in [1.29, 1.82) is 0 Å². The second kappa shape index (κ2) is 4.89. The van der Waals surface area contributed by atoms with E-state index in [9.17, 15) is 0 Å². The highest BCUT2D eigenvalue weighted by Crippen LogP contribution is 2.52. The Balaban J connectivity index is 2.00. The van der Waals surface area contributed by atoms with Gasteiger partial charge in [-0.25, -0.2) is 0 Å². The minimum absolute atomic E-state index is 0.657. The van der Waals surface area contributed by atoms with E-state index in [1.54, 1.807) is 0 Å². The topological polar surface area (TPSA) is 15.3 Å². The van der Waals surface area contributed by atoms with Crippen LogP contribution in [-0.2, 0) is 0 Å². The highest BCUT2D eigenvalue weighted by atomic mass is 15.2. The van der Waals surface area contributed by atoms with Crippen molar-refractivity contribution in [3.63, 3.8) is 0 Å². The highest BCUT2D eigenvalue weighted by Gasteiger charge is 2.47. The zero-order chi connectivity index (χ0) is 12.6. The molecule has 2 heteroatoms. The van der Waals surface area contributed by atoms with Gasteiger partial charge in [0.2, 0.25) is 0 Å². The summed E-state index contributed by atoms with van der Waals surface area (Å²) in [5, 5.41) is 3.64. The van der Waals surface area contributed by atoms with E-state index in [2.05, 4.69) is 44.8 Å². The third kappa shape index (κ3) is 2.85. The van der Waals surface area contributed by atoms with Gasteiger partial charge < -0.3 is 5.32 Å². The number of piperazine rings is 1. The van der Waals surface area contributed by atoms with Crippen LogP contribution < -0.4 is 5.32 Å². The van der Waals surface area contributed by atoms with Crippen molar-refractivity contribution in [2.45, 2.75) is 59.5 Å². The molecule has 2 unspecified atom stereocenters. The van der Waals surface area contributed by atoms with Gasteiger partial charge in [-0.2, -0.15) is 0 Å². The molecule has 1 aliphatic carbocycles. The Morgan fingerprint density at radius 1 is 1.24 bits per heavy atom. The van der Waals surface area contributed by atoms with Crippen LogP contribution in [0.3, 0.4) is 0 Å². The minimum Gasteiger partial charge on any atom is -0.311 e. The summed E-state index contributed by atoms with van der Waals surface area (Å²) < 4.78 is 0. The van der Waals surface area contributed by atoms with Gasteiger partial charge in [0.05, 0.1) is 0 Å². The van der Waals surface area contributed by atoms with Crippen molar-refractivity contribution in [2.24, 2.45) is 17.3 Å². The molecule has 0 spiro atoms. The third-order valence-corrected chi connectivity index (χ3v) is 5.06. The molecule has 0 aromatic rings. The van der Waals surface area contributed by atoms with E-state index in [-0.39, 0.29) is 0 Å². The molecular weight excluding hydrogens is 208 g/mol. The Bertz CT molecular complexity index is 256. The molecule has 0 bridgehead atoms. The van der Waals surface area contributed by atoms with Crippen LogP contribution in [0, 0.1) is 17.3 Å². The first-order valence-corrected chi connectivity index (χ1v) is 7.42. The Labute approximate surface area is 107 Å². The second-order valence-corrected chi connectivity index (χ2v) is 7.07. The predicted molar refractivity (Wildman–Crippen MR) is 74.2 cm³/mol. The fourth-order valence-electron chi connectivity index (χ4n) is 3.32. The molecule has 1 heterocycles. The van der Waals surface area contributed by atoms with Crippen molar-refractivity contribution < 1.29 is 0 Å². The van der Waals surface area contributed by atoms with E-state index < -0.39 is 0 Å². The number of nitrogens with zero attached hydrogens (tertiary/aromatic N) is 1. The molecule has 2 nitrogen and oxygen atoms in total. The summed E-state index contributed by atoms with van der Waals surface area (Å²) >= 11 is 0. The Kier molecular flexibility index (Phi) is 3.84. The van der Waals surface area contributed by atoms with Crippen LogP contribution in [0.1, 0.15) is 47.5 Å². The van der Waals surface area contributed by atoms with Crippen LogP contribution in [0.25, 0.3) is 0 Å². The van der Waals surface area contributed by atoms with E-state index in [0.29, 0.717) is 11.5 Å². The molecule has 1 saturated carbocycles. The average molecular weight is 238 g/mol. The molecule has 0 amide bonds. The van der Waals surface area contributed by atoms with E-state index in [1.165, 1.54) is 32.5 Å². The monoisotopic (exact) mass is 238 g/mol. The summed E-state index contributed by atoms with van der Waals surface area (Å²) in [6.45, 7) is 15.6. The summed E-state index contributed by atoms with van der Waals surface area (Å²) in [5.74, 6) is 1.61. The minimum atomic E-state index is 0.657. The molecule has 1 saturated heterocycles. The number of nitrogens with one attached hydrogen (secondary N) is 1. The number of hydrogen-bond donors (Lipinski definition) is 1. The van der Waals surface area contributed by atoms with Gasteiger partial charge in [-0.15, -0.1) is 0 Å². The molecule has 2 rings (SSSR count). The highest BCUT2D eigenvalue weighted by molar-refractivity contribution is 5.00. The van der Waals surface area contributed by atoms with Crippen LogP contribution in [0.5, 0.6) is 0 Å². The van der Waals surface area contributed by atoms with Gasteiger partial charge in [-0.1, -0.05) is 27.7 Å². The fourth-order valence-corrected chi connectivity index (χ4v) is 3.32. The summed E-state index contributed by atoms with van der Waals surface area (Å²) in [5.41, 5.74) is 0.657. The maximum atomic E-state index is 3.64. The lowest BCUT2D eigenvalue weighted by Gasteiger charge is -2.44. The van der Waals surface area contributed by atoms with Crippen molar-refractivity contribution in [1.82, 2.24) is 10.2 Å². The first-order valence-electron chi connectivity index (χ1n) is 7.42. The van der Waals surface area contributed by atoms with Gasteiger partial charge in [0.1, 0.15) is 0 Å². The molecule has 100 valence electrons. The van der Waals surface area contributed by atoms with Gasteiger partial charge >= 0.3 is 0 Å². The maximum absolute atomic E-state index is 3.64. The van der Waals surface area contributed by atoms with Crippen molar-refractivity contribution in [3.05, 3.63) is 0 Å². The molecule has 1 aliphatic heterocycles.